The van der Waals surface area contributed by atoms with Gasteiger partial charge in [0.25, 0.3) is 0 Å². The molecule has 0 saturated carbocycles. The van der Waals surface area contributed by atoms with Crippen LogP contribution < -0.4 is 15.2 Å². The van der Waals surface area contributed by atoms with Gasteiger partial charge in [-0.25, -0.2) is 0 Å². The predicted molar refractivity (Wildman–Crippen MR) is 67.3 cm³/mol. The third-order valence-corrected chi connectivity index (χ3v) is 2.72. The average molecular weight is 297 g/mol. The van der Waals surface area contributed by atoms with Gasteiger partial charge in [-0.1, -0.05) is 0 Å². The van der Waals surface area contributed by atoms with E-state index < -0.39 is 0 Å². The molecule has 0 aromatic heterocycles. The van der Waals surface area contributed by atoms with Crippen molar-refractivity contribution in [2.45, 2.75) is 6.42 Å². The van der Waals surface area contributed by atoms with Crippen LogP contribution in [0.5, 0.6) is 11.5 Å². The standard InChI is InChI=1S/C10H14BrNO2.ClH/c1-13-8-5-7(3-4-12)6-9(14-2)10(8)11;/h5-6H,3-4,12H2,1-2H3;1H. The van der Waals surface area contributed by atoms with E-state index in [4.69, 9.17) is 15.2 Å². The first-order valence-electron chi connectivity index (χ1n) is 4.33. The summed E-state index contributed by atoms with van der Waals surface area (Å²) < 4.78 is 11.2. The summed E-state index contributed by atoms with van der Waals surface area (Å²) in [5, 5.41) is 0. The second-order valence-electron chi connectivity index (χ2n) is 2.85. The Morgan fingerprint density at radius 3 is 2.00 bits per heavy atom. The summed E-state index contributed by atoms with van der Waals surface area (Å²) in [4.78, 5) is 0. The van der Waals surface area contributed by atoms with Crippen LogP contribution in [-0.4, -0.2) is 20.8 Å². The van der Waals surface area contributed by atoms with E-state index in [-0.39, 0.29) is 12.4 Å². The summed E-state index contributed by atoms with van der Waals surface area (Å²) in [6, 6.07) is 3.92. The van der Waals surface area contributed by atoms with Gasteiger partial charge < -0.3 is 15.2 Å². The van der Waals surface area contributed by atoms with Crippen molar-refractivity contribution in [3.05, 3.63) is 22.2 Å². The van der Waals surface area contributed by atoms with Gasteiger partial charge in [0.05, 0.1) is 14.2 Å². The molecule has 0 aliphatic heterocycles. The predicted octanol–water partition coefficient (Wildman–Crippen LogP) is 2.39. The fourth-order valence-electron chi connectivity index (χ4n) is 1.23. The van der Waals surface area contributed by atoms with E-state index in [1.54, 1.807) is 14.2 Å². The lowest BCUT2D eigenvalue weighted by atomic mass is 10.1. The maximum absolute atomic E-state index is 5.49. The Labute approximate surface area is 104 Å². The van der Waals surface area contributed by atoms with Crippen LogP contribution in [0.3, 0.4) is 0 Å². The van der Waals surface area contributed by atoms with Crippen molar-refractivity contribution in [3.63, 3.8) is 0 Å². The molecular weight excluding hydrogens is 281 g/mol. The largest absolute Gasteiger partial charge is 0.495 e. The number of nitrogens with two attached hydrogens (primary N) is 1. The molecule has 1 rings (SSSR count). The highest BCUT2D eigenvalue weighted by molar-refractivity contribution is 9.10. The maximum atomic E-state index is 5.49. The number of rotatable bonds is 4. The van der Waals surface area contributed by atoms with E-state index in [0.29, 0.717) is 6.54 Å². The van der Waals surface area contributed by atoms with Gasteiger partial charge in [-0.15, -0.1) is 12.4 Å². The van der Waals surface area contributed by atoms with Crippen LogP contribution in [0.25, 0.3) is 0 Å². The van der Waals surface area contributed by atoms with E-state index >= 15 is 0 Å². The van der Waals surface area contributed by atoms with Gasteiger partial charge in [-0.2, -0.15) is 0 Å². The molecule has 0 amide bonds. The van der Waals surface area contributed by atoms with Crippen molar-refractivity contribution in [3.8, 4) is 11.5 Å². The van der Waals surface area contributed by atoms with E-state index in [2.05, 4.69) is 15.9 Å². The normalized spacial score (nSPS) is 9.33. The van der Waals surface area contributed by atoms with Gasteiger partial charge in [0.15, 0.2) is 0 Å². The topological polar surface area (TPSA) is 44.5 Å². The summed E-state index contributed by atoms with van der Waals surface area (Å²) in [6.07, 6.45) is 0.819. The zero-order valence-corrected chi connectivity index (χ0v) is 11.2. The molecule has 0 bridgehead atoms. The fourth-order valence-corrected chi connectivity index (χ4v) is 1.79. The Balaban J connectivity index is 0.00000196. The highest BCUT2D eigenvalue weighted by Gasteiger charge is 2.08. The van der Waals surface area contributed by atoms with Crippen molar-refractivity contribution in [2.75, 3.05) is 20.8 Å². The third-order valence-electron chi connectivity index (χ3n) is 1.94. The fraction of sp³-hybridized carbons (Fsp3) is 0.400. The minimum atomic E-state index is 0. The molecule has 0 saturated heterocycles. The van der Waals surface area contributed by atoms with Crippen LogP contribution >= 0.6 is 28.3 Å². The molecule has 0 fully saturated rings. The van der Waals surface area contributed by atoms with Gasteiger partial charge >= 0.3 is 0 Å². The van der Waals surface area contributed by atoms with Crippen molar-refractivity contribution < 1.29 is 9.47 Å². The monoisotopic (exact) mass is 295 g/mol. The molecule has 0 heterocycles. The SMILES string of the molecule is COc1cc(CCN)cc(OC)c1Br.Cl. The average Bonchev–Trinajstić information content (AvgIpc) is 2.20. The Kier molecular flexibility index (Phi) is 6.72. The van der Waals surface area contributed by atoms with Gasteiger partial charge in [0.2, 0.25) is 0 Å². The zero-order valence-electron chi connectivity index (χ0n) is 8.75. The van der Waals surface area contributed by atoms with Crippen molar-refractivity contribution in [1.29, 1.82) is 0 Å². The molecule has 1 aromatic rings. The summed E-state index contributed by atoms with van der Waals surface area (Å²) >= 11 is 3.41. The van der Waals surface area contributed by atoms with Crippen LogP contribution in [0.1, 0.15) is 5.56 Å². The Hall–Kier alpha value is -0.450. The summed E-state index contributed by atoms with van der Waals surface area (Å²) in [6.45, 7) is 0.619. The van der Waals surface area contributed by atoms with E-state index in [0.717, 1.165) is 28.0 Å². The molecule has 0 spiro atoms. The molecule has 1 aromatic carbocycles. The van der Waals surface area contributed by atoms with Gasteiger partial charge in [-0.3, -0.25) is 0 Å². The van der Waals surface area contributed by atoms with E-state index in [9.17, 15) is 0 Å². The van der Waals surface area contributed by atoms with Crippen LogP contribution in [0.15, 0.2) is 16.6 Å². The highest BCUT2D eigenvalue weighted by Crippen LogP contribution is 2.35. The first-order valence-corrected chi connectivity index (χ1v) is 5.12. The highest BCUT2D eigenvalue weighted by atomic mass is 79.9. The van der Waals surface area contributed by atoms with Crippen LogP contribution in [0, 0.1) is 0 Å². The van der Waals surface area contributed by atoms with Crippen LogP contribution in [-0.2, 0) is 6.42 Å². The lowest BCUT2D eigenvalue weighted by Crippen LogP contribution is -2.03. The first kappa shape index (κ1) is 14.5. The van der Waals surface area contributed by atoms with Crippen molar-refractivity contribution in [2.24, 2.45) is 5.73 Å². The Morgan fingerprint density at radius 2 is 1.67 bits per heavy atom. The summed E-state index contributed by atoms with van der Waals surface area (Å²) in [7, 11) is 3.26. The minimum absolute atomic E-state index is 0. The molecule has 0 atom stereocenters. The molecule has 15 heavy (non-hydrogen) atoms. The molecule has 0 radical (unpaired) electrons. The third kappa shape index (κ3) is 3.55. The second-order valence-corrected chi connectivity index (χ2v) is 3.65. The van der Waals surface area contributed by atoms with Gasteiger partial charge in [0.1, 0.15) is 16.0 Å². The zero-order chi connectivity index (χ0) is 10.6. The summed E-state index contributed by atoms with van der Waals surface area (Å²) in [5.41, 5.74) is 6.60. The molecule has 86 valence electrons. The molecule has 0 unspecified atom stereocenters. The van der Waals surface area contributed by atoms with Crippen LogP contribution in [0.4, 0.5) is 0 Å². The van der Waals surface area contributed by atoms with Crippen molar-refractivity contribution >= 4 is 28.3 Å². The molecular formula is C10H15BrClNO2. The smallest absolute Gasteiger partial charge is 0.137 e. The number of ether oxygens (including phenoxy) is 2. The number of hydrogen-bond acceptors (Lipinski definition) is 3. The maximum Gasteiger partial charge on any atom is 0.137 e. The lowest BCUT2D eigenvalue weighted by molar-refractivity contribution is 0.388. The van der Waals surface area contributed by atoms with Gasteiger partial charge in [-0.05, 0) is 46.6 Å². The molecule has 3 nitrogen and oxygen atoms in total. The van der Waals surface area contributed by atoms with E-state index in [1.807, 2.05) is 12.1 Å². The Bertz CT molecular complexity index is 295. The molecule has 0 aliphatic carbocycles. The van der Waals surface area contributed by atoms with Crippen LogP contribution in [0.2, 0.25) is 0 Å². The van der Waals surface area contributed by atoms with Crippen molar-refractivity contribution in [1.82, 2.24) is 0 Å². The lowest BCUT2D eigenvalue weighted by Gasteiger charge is -2.10. The summed E-state index contributed by atoms with van der Waals surface area (Å²) in [5.74, 6) is 1.54. The molecule has 2 N–H and O–H groups in total. The quantitative estimate of drug-likeness (QED) is 0.928. The number of methoxy groups -OCH3 is 2. The number of benzene rings is 1. The minimum Gasteiger partial charge on any atom is -0.495 e. The molecule has 0 aliphatic rings. The van der Waals surface area contributed by atoms with E-state index in [1.165, 1.54) is 0 Å². The molecule has 5 heteroatoms. The second kappa shape index (κ2) is 6.93. The van der Waals surface area contributed by atoms with Gasteiger partial charge in [0, 0.05) is 0 Å². The Morgan fingerprint density at radius 1 is 1.20 bits per heavy atom. The first-order chi connectivity index (χ1) is 6.72. The number of halogens is 2. The number of hydrogen-bond donors (Lipinski definition) is 1.